The number of ether oxygens (including phenoxy) is 3. The van der Waals surface area contributed by atoms with Crippen molar-refractivity contribution in [2.24, 2.45) is 13.0 Å². The number of nitrogens with zero attached hydrogens (tertiary/aromatic N) is 5. The summed E-state index contributed by atoms with van der Waals surface area (Å²) in [5.74, 6) is 2.45. The van der Waals surface area contributed by atoms with Gasteiger partial charge in [-0.05, 0) is 24.5 Å². The number of methoxy groups -OCH3 is 3. The molecule has 2 bridgehead atoms. The number of aromatic hydroxyl groups is 1. The molecule has 0 radical (unpaired) electrons. The maximum Gasteiger partial charge on any atom is 0.250 e. The Bertz CT molecular complexity index is 1630. The highest BCUT2D eigenvalue weighted by molar-refractivity contribution is 5.55. The summed E-state index contributed by atoms with van der Waals surface area (Å²) < 4.78 is 20.6. The highest BCUT2D eigenvalue weighted by Crippen LogP contribution is 2.40. The number of fused-ring (bicyclic) bond motifs is 4. The second-order valence-corrected chi connectivity index (χ2v) is 12.3. The Kier molecular flexibility index (Phi) is 8.70. The first kappa shape index (κ1) is 30.2. The molecule has 3 aromatic rings. The van der Waals surface area contributed by atoms with Crippen molar-refractivity contribution in [2.75, 3.05) is 60.6 Å². The van der Waals surface area contributed by atoms with E-state index in [0.717, 1.165) is 69.2 Å². The molecule has 6 rings (SSSR count). The lowest BCUT2D eigenvalue weighted by Crippen LogP contribution is -2.47. The van der Waals surface area contributed by atoms with Crippen molar-refractivity contribution >= 4 is 0 Å². The van der Waals surface area contributed by atoms with Gasteiger partial charge >= 0.3 is 0 Å². The summed E-state index contributed by atoms with van der Waals surface area (Å²) in [6, 6.07) is 11.1. The molecule has 0 amide bonds. The first-order valence-corrected chi connectivity index (χ1v) is 15.3. The van der Waals surface area contributed by atoms with Crippen LogP contribution in [0.1, 0.15) is 35.0 Å². The first-order chi connectivity index (χ1) is 21.3. The summed E-state index contributed by atoms with van der Waals surface area (Å²) in [5.41, 5.74) is 3.44. The normalized spacial score (nSPS) is 20.7. The molecule has 2 saturated heterocycles. The van der Waals surface area contributed by atoms with Gasteiger partial charge in [-0.25, -0.2) is 0 Å². The maximum absolute atomic E-state index is 12.9. The van der Waals surface area contributed by atoms with Crippen LogP contribution in [0.5, 0.6) is 23.0 Å². The molecule has 1 N–H and O–H groups in total. The summed E-state index contributed by atoms with van der Waals surface area (Å²) in [7, 11) is 6.81. The molecule has 2 fully saturated rings. The fourth-order valence-electron chi connectivity index (χ4n) is 7.32. The number of benzene rings is 1. The zero-order valence-corrected chi connectivity index (χ0v) is 26.1. The van der Waals surface area contributed by atoms with E-state index < -0.39 is 0 Å². The van der Waals surface area contributed by atoms with Gasteiger partial charge in [0.15, 0.2) is 17.2 Å². The van der Waals surface area contributed by atoms with E-state index >= 15 is 0 Å². The van der Waals surface area contributed by atoms with Crippen LogP contribution in [0.25, 0.3) is 0 Å². The van der Waals surface area contributed by atoms with Crippen molar-refractivity contribution in [2.45, 2.75) is 38.5 Å². The fourth-order valence-corrected chi connectivity index (χ4v) is 7.32. The molecule has 1 aromatic carbocycles. The molecule has 11 nitrogen and oxygen atoms in total. The Labute approximate surface area is 257 Å². The van der Waals surface area contributed by atoms with Crippen molar-refractivity contribution in [3.05, 3.63) is 79.6 Å². The summed E-state index contributed by atoms with van der Waals surface area (Å²) in [6.45, 7) is 7.61. The van der Waals surface area contributed by atoms with Gasteiger partial charge in [0.25, 0.3) is 5.56 Å². The molecule has 2 atom stereocenters. The average molecular weight is 606 g/mol. The molecule has 2 aromatic heterocycles. The molecule has 0 unspecified atom stereocenters. The molecular weight excluding hydrogens is 562 g/mol. The van der Waals surface area contributed by atoms with Crippen LogP contribution in [0.2, 0.25) is 0 Å². The molecule has 236 valence electrons. The number of hydrogen-bond acceptors (Lipinski definition) is 9. The van der Waals surface area contributed by atoms with Crippen LogP contribution in [-0.4, -0.2) is 89.5 Å². The van der Waals surface area contributed by atoms with E-state index in [-0.39, 0.29) is 16.7 Å². The zero-order chi connectivity index (χ0) is 31.0. The van der Waals surface area contributed by atoms with Crippen LogP contribution in [0.4, 0.5) is 0 Å². The van der Waals surface area contributed by atoms with E-state index in [9.17, 15) is 14.7 Å². The SMILES string of the molecule is COc1ccc(CN2CCN(Cc3c(O)c(=O)cc(CN4C[C@H]5C[C@@H](C4)c4cccc(=O)n4C5)n3C)CC2)c(OC)c1OC. The average Bonchev–Trinajstić information content (AvgIpc) is 3.03. The second kappa shape index (κ2) is 12.7. The van der Waals surface area contributed by atoms with Gasteiger partial charge in [-0.15, -0.1) is 0 Å². The number of hydrogen-bond donors (Lipinski definition) is 1. The monoisotopic (exact) mass is 605 g/mol. The lowest BCUT2D eigenvalue weighted by molar-refractivity contribution is 0.110. The van der Waals surface area contributed by atoms with Gasteiger partial charge in [-0.2, -0.15) is 0 Å². The quantitative estimate of drug-likeness (QED) is 0.394. The summed E-state index contributed by atoms with van der Waals surface area (Å²) >= 11 is 0. The third-order valence-corrected chi connectivity index (χ3v) is 9.60. The van der Waals surface area contributed by atoms with Gasteiger partial charge in [0.2, 0.25) is 11.2 Å². The predicted octanol–water partition coefficient (Wildman–Crippen LogP) is 2.22. The first-order valence-electron chi connectivity index (χ1n) is 15.3. The fraction of sp³-hybridized carbons (Fsp3) is 0.515. The Morgan fingerprint density at radius 1 is 0.818 bits per heavy atom. The van der Waals surface area contributed by atoms with Crippen molar-refractivity contribution in [1.29, 1.82) is 0 Å². The molecule has 0 aliphatic carbocycles. The number of piperidine rings is 1. The number of pyridine rings is 2. The van der Waals surface area contributed by atoms with Crippen LogP contribution in [-0.2, 0) is 33.2 Å². The molecular formula is C33H43N5O6. The molecule has 3 aliphatic heterocycles. The Hall–Kier alpha value is -3.80. The van der Waals surface area contributed by atoms with Gasteiger partial charge in [0.1, 0.15) is 0 Å². The molecule has 0 spiro atoms. The Morgan fingerprint density at radius 3 is 2.25 bits per heavy atom. The van der Waals surface area contributed by atoms with Crippen LogP contribution in [0, 0.1) is 5.92 Å². The second-order valence-electron chi connectivity index (χ2n) is 12.3. The van der Waals surface area contributed by atoms with Crippen LogP contribution >= 0.6 is 0 Å². The minimum Gasteiger partial charge on any atom is -0.503 e. The maximum atomic E-state index is 12.9. The number of aromatic nitrogens is 2. The minimum absolute atomic E-state index is 0.0812. The molecule has 44 heavy (non-hydrogen) atoms. The van der Waals surface area contributed by atoms with E-state index in [4.69, 9.17) is 14.2 Å². The van der Waals surface area contributed by atoms with Crippen LogP contribution in [0.3, 0.4) is 0 Å². The van der Waals surface area contributed by atoms with Crippen LogP contribution < -0.4 is 25.2 Å². The summed E-state index contributed by atoms with van der Waals surface area (Å²) in [5, 5.41) is 10.9. The lowest BCUT2D eigenvalue weighted by Gasteiger charge is -2.43. The highest BCUT2D eigenvalue weighted by Gasteiger charge is 2.35. The number of rotatable bonds is 9. The summed E-state index contributed by atoms with van der Waals surface area (Å²) in [4.78, 5) is 32.4. The van der Waals surface area contributed by atoms with E-state index in [1.807, 2.05) is 34.4 Å². The third kappa shape index (κ3) is 5.83. The topological polar surface area (TPSA) is 102 Å². The zero-order valence-electron chi connectivity index (χ0n) is 26.1. The number of likely N-dealkylation sites (tertiary alicyclic amines) is 1. The van der Waals surface area contributed by atoms with E-state index in [1.54, 1.807) is 33.5 Å². The number of piperazine rings is 1. The molecule has 11 heteroatoms. The van der Waals surface area contributed by atoms with E-state index in [1.165, 1.54) is 0 Å². The standard InChI is InChI=1S/C33H43N5O6/c1-34-25(20-37-16-22-14-24(19-37)26-6-5-7-30(40)38(26)17-22)15-28(39)31(41)27(34)21-36-12-10-35(11-13-36)18-23-8-9-29(42-2)33(44-4)32(23)43-3/h5-9,15,22,24,41H,10-14,16-21H2,1-4H3/t22-,24+/m1/s1. The Balaban J connectivity index is 1.11. The van der Waals surface area contributed by atoms with Crippen molar-refractivity contribution < 1.29 is 19.3 Å². The molecule has 5 heterocycles. The van der Waals surface area contributed by atoms with Crippen molar-refractivity contribution in [3.63, 3.8) is 0 Å². The van der Waals surface area contributed by atoms with Gasteiger partial charge in [-0.3, -0.25) is 24.3 Å². The molecule has 0 saturated carbocycles. The van der Waals surface area contributed by atoms with E-state index in [2.05, 4.69) is 20.8 Å². The van der Waals surface area contributed by atoms with Crippen molar-refractivity contribution in [1.82, 2.24) is 23.8 Å². The van der Waals surface area contributed by atoms with Gasteiger partial charge in [0.05, 0.1) is 27.0 Å². The third-order valence-electron chi connectivity index (χ3n) is 9.60. The predicted molar refractivity (Wildman–Crippen MR) is 167 cm³/mol. The van der Waals surface area contributed by atoms with E-state index in [0.29, 0.717) is 54.4 Å². The van der Waals surface area contributed by atoms with Crippen LogP contribution in [0.15, 0.2) is 46.0 Å². The lowest BCUT2D eigenvalue weighted by atomic mass is 9.83. The Morgan fingerprint density at radius 2 is 1.55 bits per heavy atom. The smallest absolute Gasteiger partial charge is 0.250 e. The largest absolute Gasteiger partial charge is 0.503 e. The van der Waals surface area contributed by atoms with Gasteiger partial charge in [0, 0.05) is 107 Å². The summed E-state index contributed by atoms with van der Waals surface area (Å²) in [6.07, 6.45) is 1.09. The molecule has 3 aliphatic rings. The highest BCUT2D eigenvalue weighted by atomic mass is 16.5. The van der Waals surface area contributed by atoms with Gasteiger partial charge < -0.3 is 28.5 Å². The minimum atomic E-state index is -0.332. The van der Waals surface area contributed by atoms with Crippen molar-refractivity contribution in [3.8, 4) is 23.0 Å². The van der Waals surface area contributed by atoms with Gasteiger partial charge in [-0.1, -0.05) is 12.1 Å².